The van der Waals surface area contributed by atoms with Crippen LogP contribution in [0.3, 0.4) is 0 Å². The topological polar surface area (TPSA) is 38.0 Å². The van der Waals surface area contributed by atoms with E-state index in [-0.39, 0.29) is 5.54 Å². The highest BCUT2D eigenvalue weighted by Gasteiger charge is 2.19. The molecule has 2 nitrogen and oxygen atoms in total. The Bertz CT molecular complexity index is 202. The lowest BCUT2D eigenvalue weighted by molar-refractivity contribution is 0.341. The van der Waals surface area contributed by atoms with Gasteiger partial charge >= 0.3 is 0 Å². The summed E-state index contributed by atoms with van der Waals surface area (Å²) < 4.78 is 0. The van der Waals surface area contributed by atoms with E-state index < -0.39 is 0 Å². The fourth-order valence-corrected chi connectivity index (χ4v) is 1.55. The third-order valence-corrected chi connectivity index (χ3v) is 2.81. The summed E-state index contributed by atoms with van der Waals surface area (Å²) in [5.41, 5.74) is 5.86. The van der Waals surface area contributed by atoms with Crippen LogP contribution in [0.1, 0.15) is 52.9 Å². The molecule has 1 atom stereocenters. The summed E-state index contributed by atoms with van der Waals surface area (Å²) in [5, 5.41) is 3.43. The van der Waals surface area contributed by atoms with Gasteiger partial charge in [0.1, 0.15) is 0 Å². The Morgan fingerprint density at radius 3 is 2.53 bits per heavy atom. The van der Waals surface area contributed by atoms with E-state index in [1.165, 1.54) is 25.7 Å². The zero-order chi connectivity index (χ0) is 11.6. The van der Waals surface area contributed by atoms with Gasteiger partial charge in [-0.1, -0.05) is 38.5 Å². The average Bonchev–Trinajstić information content (AvgIpc) is 2.25. The summed E-state index contributed by atoms with van der Waals surface area (Å²) in [6.45, 7) is 7.72. The van der Waals surface area contributed by atoms with Crippen molar-refractivity contribution in [3.05, 3.63) is 0 Å². The van der Waals surface area contributed by atoms with Crippen molar-refractivity contribution in [2.24, 2.45) is 5.73 Å². The molecule has 2 heteroatoms. The van der Waals surface area contributed by atoms with Crippen molar-refractivity contribution in [2.45, 2.75) is 58.4 Å². The minimum absolute atomic E-state index is 0.0671. The van der Waals surface area contributed by atoms with Gasteiger partial charge in [0.05, 0.1) is 6.54 Å². The number of rotatable bonds is 8. The van der Waals surface area contributed by atoms with Crippen molar-refractivity contribution in [1.29, 1.82) is 0 Å². The third kappa shape index (κ3) is 7.41. The molecule has 0 bridgehead atoms. The molecule has 88 valence electrons. The van der Waals surface area contributed by atoms with Crippen molar-refractivity contribution < 1.29 is 0 Å². The first-order chi connectivity index (χ1) is 7.18. The molecule has 0 saturated carbocycles. The smallest absolute Gasteiger partial charge is 0.0580 e. The Kier molecular flexibility index (Phi) is 8.46. The van der Waals surface area contributed by atoms with Gasteiger partial charge in [-0.2, -0.15) is 0 Å². The van der Waals surface area contributed by atoms with Crippen molar-refractivity contribution >= 4 is 0 Å². The van der Waals surface area contributed by atoms with Crippen LogP contribution in [0.4, 0.5) is 0 Å². The summed E-state index contributed by atoms with van der Waals surface area (Å²) in [5.74, 6) is 5.91. The number of unbranched alkanes of at least 4 members (excludes halogenated alkanes) is 3. The molecule has 0 aromatic heterocycles. The van der Waals surface area contributed by atoms with Gasteiger partial charge in [-0.25, -0.2) is 0 Å². The fourth-order valence-electron chi connectivity index (χ4n) is 1.55. The first-order valence-corrected chi connectivity index (χ1v) is 6.03. The molecule has 0 aromatic carbocycles. The molecule has 0 heterocycles. The normalized spacial score (nSPS) is 14.1. The molecule has 3 N–H and O–H groups in total. The van der Waals surface area contributed by atoms with Gasteiger partial charge in [0.2, 0.25) is 0 Å². The van der Waals surface area contributed by atoms with E-state index in [9.17, 15) is 0 Å². The van der Waals surface area contributed by atoms with Crippen LogP contribution in [0.15, 0.2) is 0 Å². The maximum Gasteiger partial charge on any atom is 0.0580 e. The van der Waals surface area contributed by atoms with Crippen molar-refractivity contribution in [3.8, 4) is 11.8 Å². The molecular formula is C13H26N2. The van der Waals surface area contributed by atoms with E-state index in [0.29, 0.717) is 6.54 Å². The highest BCUT2D eigenvalue weighted by atomic mass is 15.0. The van der Waals surface area contributed by atoms with Gasteiger partial charge in [-0.15, -0.1) is 5.92 Å². The number of hydrogen-bond donors (Lipinski definition) is 2. The van der Waals surface area contributed by atoms with Gasteiger partial charge in [-0.3, -0.25) is 5.32 Å². The van der Waals surface area contributed by atoms with Crippen LogP contribution in [-0.2, 0) is 0 Å². The molecule has 0 aliphatic rings. The number of nitrogens with one attached hydrogen (secondary N) is 1. The lowest BCUT2D eigenvalue weighted by Gasteiger charge is -2.28. The van der Waals surface area contributed by atoms with Gasteiger partial charge in [0.25, 0.3) is 0 Å². The van der Waals surface area contributed by atoms with Gasteiger partial charge in [0.15, 0.2) is 0 Å². The lowest BCUT2D eigenvalue weighted by Crippen LogP contribution is -2.48. The SMILES string of the molecule is CC#CCNC(C)(CN)CCCCCC. The second-order valence-electron chi connectivity index (χ2n) is 4.36. The molecular weight excluding hydrogens is 184 g/mol. The molecule has 0 amide bonds. The van der Waals surface area contributed by atoms with E-state index in [1.54, 1.807) is 0 Å². The Morgan fingerprint density at radius 2 is 2.00 bits per heavy atom. The second-order valence-corrected chi connectivity index (χ2v) is 4.36. The predicted molar refractivity (Wildman–Crippen MR) is 67.7 cm³/mol. The summed E-state index contributed by atoms with van der Waals surface area (Å²) in [7, 11) is 0. The highest BCUT2D eigenvalue weighted by Crippen LogP contribution is 2.13. The second kappa shape index (κ2) is 8.76. The molecule has 1 unspecified atom stereocenters. The monoisotopic (exact) mass is 210 g/mol. The quantitative estimate of drug-likeness (QED) is 0.476. The largest absolute Gasteiger partial charge is 0.329 e. The number of hydrogen-bond acceptors (Lipinski definition) is 2. The van der Waals surface area contributed by atoms with E-state index in [2.05, 4.69) is 31.0 Å². The molecule has 0 spiro atoms. The van der Waals surface area contributed by atoms with Crippen LogP contribution < -0.4 is 11.1 Å². The first-order valence-electron chi connectivity index (χ1n) is 6.03. The van der Waals surface area contributed by atoms with Gasteiger partial charge in [-0.05, 0) is 20.3 Å². The standard InChI is InChI=1S/C13H26N2/c1-4-6-8-9-10-13(3,12-14)15-11-7-5-2/h15H,4,6,8-12,14H2,1-3H3. The van der Waals surface area contributed by atoms with E-state index in [0.717, 1.165) is 13.0 Å². The lowest BCUT2D eigenvalue weighted by atomic mass is 9.94. The summed E-state index contributed by atoms with van der Waals surface area (Å²) in [6.07, 6.45) is 6.33. The molecule has 0 rings (SSSR count). The van der Waals surface area contributed by atoms with E-state index in [4.69, 9.17) is 5.73 Å². The first kappa shape index (κ1) is 14.5. The maximum absolute atomic E-state index is 5.79. The zero-order valence-corrected chi connectivity index (χ0v) is 10.5. The van der Waals surface area contributed by atoms with E-state index >= 15 is 0 Å². The Morgan fingerprint density at radius 1 is 1.27 bits per heavy atom. The Balaban J connectivity index is 3.77. The number of nitrogens with two attached hydrogens (primary N) is 1. The zero-order valence-electron chi connectivity index (χ0n) is 10.5. The Hall–Kier alpha value is -0.520. The van der Waals surface area contributed by atoms with Gasteiger partial charge < -0.3 is 5.73 Å². The van der Waals surface area contributed by atoms with Crippen LogP contribution in [0, 0.1) is 11.8 Å². The summed E-state index contributed by atoms with van der Waals surface area (Å²) in [6, 6.07) is 0. The van der Waals surface area contributed by atoms with Crippen LogP contribution in [0.2, 0.25) is 0 Å². The molecule has 0 aliphatic heterocycles. The van der Waals surface area contributed by atoms with Crippen molar-refractivity contribution in [3.63, 3.8) is 0 Å². The van der Waals surface area contributed by atoms with Crippen molar-refractivity contribution in [1.82, 2.24) is 5.32 Å². The van der Waals surface area contributed by atoms with Crippen LogP contribution in [0.5, 0.6) is 0 Å². The average molecular weight is 210 g/mol. The molecule has 0 aliphatic carbocycles. The maximum atomic E-state index is 5.79. The predicted octanol–water partition coefficient (Wildman–Crippen LogP) is 2.29. The van der Waals surface area contributed by atoms with E-state index in [1.807, 2.05) is 6.92 Å². The molecule has 0 aromatic rings. The molecule has 0 radical (unpaired) electrons. The minimum Gasteiger partial charge on any atom is -0.329 e. The molecule has 0 saturated heterocycles. The van der Waals surface area contributed by atoms with Crippen LogP contribution in [-0.4, -0.2) is 18.6 Å². The summed E-state index contributed by atoms with van der Waals surface area (Å²) >= 11 is 0. The fraction of sp³-hybridized carbons (Fsp3) is 0.846. The van der Waals surface area contributed by atoms with Crippen molar-refractivity contribution in [2.75, 3.05) is 13.1 Å². The highest BCUT2D eigenvalue weighted by molar-refractivity contribution is 4.99. The molecule has 0 fully saturated rings. The third-order valence-electron chi connectivity index (χ3n) is 2.81. The van der Waals surface area contributed by atoms with Gasteiger partial charge in [0, 0.05) is 12.1 Å². The minimum atomic E-state index is 0.0671. The van der Waals surface area contributed by atoms with Crippen LogP contribution in [0.25, 0.3) is 0 Å². The Labute approximate surface area is 95.0 Å². The van der Waals surface area contributed by atoms with Crippen LogP contribution >= 0.6 is 0 Å². The molecule has 15 heavy (non-hydrogen) atoms. The summed E-state index contributed by atoms with van der Waals surface area (Å²) in [4.78, 5) is 0.